The Bertz CT molecular complexity index is 1100. The second-order valence-electron chi connectivity index (χ2n) is 6.91. The second-order valence-corrected chi connectivity index (χ2v) is 6.91. The minimum atomic E-state index is -0.346. The SMILES string of the molecule is CNC(=O)c1nn(CN2CCOC(c3ccc(F)cc3)C2)c(=O)c2ccccc12. The third kappa shape index (κ3) is 3.90. The van der Waals surface area contributed by atoms with Gasteiger partial charge in [0.15, 0.2) is 5.69 Å². The first-order chi connectivity index (χ1) is 14.1. The molecule has 4 rings (SSSR count). The minimum Gasteiger partial charge on any atom is -0.371 e. The van der Waals surface area contributed by atoms with Gasteiger partial charge in [0.1, 0.15) is 5.82 Å². The Morgan fingerprint density at radius 2 is 1.93 bits per heavy atom. The van der Waals surface area contributed by atoms with Gasteiger partial charge in [-0.25, -0.2) is 9.07 Å². The molecule has 1 fully saturated rings. The highest BCUT2D eigenvalue weighted by molar-refractivity contribution is 6.04. The second kappa shape index (κ2) is 8.10. The van der Waals surface area contributed by atoms with E-state index >= 15 is 0 Å². The molecule has 0 aliphatic carbocycles. The molecule has 2 aromatic carbocycles. The number of ether oxygens (including phenoxy) is 1. The summed E-state index contributed by atoms with van der Waals surface area (Å²) in [6, 6.07) is 13.2. The van der Waals surface area contributed by atoms with Crippen LogP contribution < -0.4 is 10.9 Å². The summed E-state index contributed by atoms with van der Waals surface area (Å²) in [5.41, 5.74) is 0.838. The van der Waals surface area contributed by atoms with E-state index in [1.165, 1.54) is 23.9 Å². The van der Waals surface area contributed by atoms with E-state index < -0.39 is 0 Å². The molecule has 2 heterocycles. The van der Waals surface area contributed by atoms with Crippen LogP contribution in [-0.4, -0.2) is 47.3 Å². The number of aromatic nitrogens is 2. The van der Waals surface area contributed by atoms with Crippen LogP contribution in [0.3, 0.4) is 0 Å². The van der Waals surface area contributed by atoms with E-state index in [0.717, 1.165) is 5.56 Å². The highest BCUT2D eigenvalue weighted by Gasteiger charge is 2.24. The Hall–Kier alpha value is -3.10. The zero-order valence-corrected chi connectivity index (χ0v) is 16.0. The number of carbonyl (C=O) groups is 1. The van der Waals surface area contributed by atoms with Gasteiger partial charge in [-0.3, -0.25) is 14.5 Å². The molecule has 3 aromatic rings. The number of nitrogens with one attached hydrogen (secondary N) is 1. The van der Waals surface area contributed by atoms with E-state index in [1.807, 2.05) is 4.90 Å². The normalized spacial score (nSPS) is 17.4. The van der Waals surface area contributed by atoms with Crippen molar-refractivity contribution in [1.82, 2.24) is 20.0 Å². The Labute approximate surface area is 166 Å². The van der Waals surface area contributed by atoms with Crippen LogP contribution in [0.5, 0.6) is 0 Å². The van der Waals surface area contributed by atoms with Gasteiger partial charge < -0.3 is 10.1 Å². The molecule has 1 N–H and O–H groups in total. The number of rotatable bonds is 4. The van der Waals surface area contributed by atoms with Gasteiger partial charge in [0, 0.05) is 25.5 Å². The van der Waals surface area contributed by atoms with Gasteiger partial charge in [-0.15, -0.1) is 0 Å². The first kappa shape index (κ1) is 19.2. The summed E-state index contributed by atoms with van der Waals surface area (Å²) in [6.45, 7) is 1.86. The van der Waals surface area contributed by atoms with Crippen LogP contribution in [0.1, 0.15) is 22.2 Å². The maximum absolute atomic E-state index is 13.2. The Kier molecular flexibility index (Phi) is 5.37. The minimum absolute atomic E-state index is 0.214. The summed E-state index contributed by atoms with van der Waals surface area (Å²) >= 11 is 0. The zero-order valence-electron chi connectivity index (χ0n) is 16.0. The van der Waals surface area contributed by atoms with E-state index in [9.17, 15) is 14.0 Å². The van der Waals surface area contributed by atoms with Gasteiger partial charge in [0.2, 0.25) is 0 Å². The fraction of sp³-hybridized carbons (Fsp3) is 0.286. The van der Waals surface area contributed by atoms with Crippen LogP contribution in [0.25, 0.3) is 10.8 Å². The van der Waals surface area contributed by atoms with Crippen molar-refractivity contribution >= 4 is 16.7 Å². The fourth-order valence-electron chi connectivity index (χ4n) is 3.52. The Balaban J connectivity index is 1.63. The van der Waals surface area contributed by atoms with Gasteiger partial charge in [-0.05, 0) is 23.8 Å². The smallest absolute Gasteiger partial charge is 0.275 e. The van der Waals surface area contributed by atoms with Crippen molar-refractivity contribution in [2.45, 2.75) is 12.8 Å². The summed E-state index contributed by atoms with van der Waals surface area (Å²) in [6.07, 6.45) is -0.223. The van der Waals surface area contributed by atoms with Crippen LogP contribution in [-0.2, 0) is 11.4 Å². The molecular formula is C21H21FN4O3. The number of carbonyl (C=O) groups excluding carboxylic acids is 1. The summed E-state index contributed by atoms with van der Waals surface area (Å²) in [5, 5.41) is 7.89. The van der Waals surface area contributed by atoms with Crippen molar-refractivity contribution < 1.29 is 13.9 Å². The van der Waals surface area contributed by atoms with E-state index in [2.05, 4.69) is 10.4 Å². The van der Waals surface area contributed by atoms with Crippen molar-refractivity contribution in [1.29, 1.82) is 0 Å². The lowest BCUT2D eigenvalue weighted by atomic mass is 10.1. The summed E-state index contributed by atoms with van der Waals surface area (Å²) in [7, 11) is 1.53. The molecule has 1 unspecified atom stereocenters. The van der Waals surface area contributed by atoms with Crippen molar-refractivity contribution in [3.05, 3.63) is 76.0 Å². The first-order valence-electron chi connectivity index (χ1n) is 9.38. The van der Waals surface area contributed by atoms with Crippen LogP contribution in [0.4, 0.5) is 4.39 Å². The van der Waals surface area contributed by atoms with Crippen molar-refractivity contribution in [2.24, 2.45) is 0 Å². The molecule has 0 spiro atoms. The quantitative estimate of drug-likeness (QED) is 0.729. The number of hydrogen-bond donors (Lipinski definition) is 1. The third-order valence-electron chi connectivity index (χ3n) is 5.04. The van der Waals surface area contributed by atoms with Crippen LogP contribution in [0.2, 0.25) is 0 Å². The van der Waals surface area contributed by atoms with Gasteiger partial charge >= 0.3 is 0 Å². The number of amides is 1. The maximum atomic E-state index is 13.2. The highest BCUT2D eigenvalue weighted by atomic mass is 19.1. The molecule has 8 heteroatoms. The molecule has 7 nitrogen and oxygen atoms in total. The lowest BCUT2D eigenvalue weighted by Gasteiger charge is -2.33. The van der Waals surface area contributed by atoms with E-state index in [4.69, 9.17) is 4.74 Å². The molecule has 0 saturated carbocycles. The number of fused-ring (bicyclic) bond motifs is 1. The molecule has 1 aliphatic heterocycles. The lowest BCUT2D eigenvalue weighted by molar-refractivity contribution is -0.0422. The largest absolute Gasteiger partial charge is 0.371 e. The molecule has 1 aliphatic rings. The molecule has 29 heavy (non-hydrogen) atoms. The van der Waals surface area contributed by atoms with Crippen molar-refractivity contribution in [3.8, 4) is 0 Å². The van der Waals surface area contributed by atoms with Gasteiger partial charge in [0.25, 0.3) is 11.5 Å². The molecule has 0 radical (unpaired) electrons. The van der Waals surface area contributed by atoms with Crippen molar-refractivity contribution in [2.75, 3.05) is 26.7 Å². The predicted octanol–water partition coefficient (Wildman–Crippen LogP) is 1.93. The monoisotopic (exact) mass is 396 g/mol. The standard InChI is InChI=1S/C21H21FN4O3/c1-23-20(27)19-16-4-2-3-5-17(16)21(28)26(24-19)13-25-10-11-29-18(12-25)14-6-8-15(22)9-7-14/h2-9,18H,10-13H2,1H3,(H,23,27). The average molecular weight is 396 g/mol. The van der Waals surface area contributed by atoms with Crippen LogP contribution >= 0.6 is 0 Å². The van der Waals surface area contributed by atoms with Crippen molar-refractivity contribution in [3.63, 3.8) is 0 Å². The average Bonchev–Trinajstić information content (AvgIpc) is 2.76. The molecule has 150 valence electrons. The predicted molar refractivity (Wildman–Crippen MR) is 106 cm³/mol. The Morgan fingerprint density at radius 3 is 2.66 bits per heavy atom. The summed E-state index contributed by atoms with van der Waals surface area (Å²) in [4.78, 5) is 27.3. The summed E-state index contributed by atoms with van der Waals surface area (Å²) in [5.74, 6) is -0.642. The molecule has 1 saturated heterocycles. The molecule has 0 bridgehead atoms. The van der Waals surface area contributed by atoms with Gasteiger partial charge in [-0.1, -0.05) is 30.3 Å². The lowest BCUT2D eigenvalue weighted by Crippen LogP contribution is -2.42. The Morgan fingerprint density at radius 1 is 1.21 bits per heavy atom. The van der Waals surface area contributed by atoms with Crippen LogP contribution in [0, 0.1) is 5.82 Å². The van der Waals surface area contributed by atoms with Gasteiger partial charge in [-0.2, -0.15) is 5.10 Å². The van der Waals surface area contributed by atoms with Crippen LogP contribution in [0.15, 0.2) is 53.3 Å². The molecular weight excluding hydrogens is 375 g/mol. The third-order valence-corrected chi connectivity index (χ3v) is 5.04. The van der Waals surface area contributed by atoms with Gasteiger partial charge in [0.05, 0.1) is 24.8 Å². The number of hydrogen-bond acceptors (Lipinski definition) is 5. The van der Waals surface area contributed by atoms with E-state index in [-0.39, 0.29) is 35.8 Å². The summed E-state index contributed by atoms with van der Waals surface area (Å²) < 4.78 is 20.3. The first-order valence-corrected chi connectivity index (χ1v) is 9.38. The number of benzene rings is 2. The number of morpholine rings is 1. The number of nitrogens with zero attached hydrogens (tertiary/aromatic N) is 3. The molecule has 1 amide bonds. The molecule has 1 atom stereocenters. The fourth-order valence-corrected chi connectivity index (χ4v) is 3.52. The van der Waals surface area contributed by atoms with E-state index in [0.29, 0.717) is 30.5 Å². The topological polar surface area (TPSA) is 76.5 Å². The highest BCUT2D eigenvalue weighted by Crippen LogP contribution is 2.23. The maximum Gasteiger partial charge on any atom is 0.275 e. The van der Waals surface area contributed by atoms with E-state index in [1.54, 1.807) is 36.4 Å². The molecule has 1 aromatic heterocycles. The number of halogens is 1. The zero-order chi connectivity index (χ0) is 20.4.